The fraction of sp³-hybridized carbons (Fsp3) is 0.273. The van der Waals surface area contributed by atoms with Crippen LogP contribution in [-0.2, 0) is 37.4 Å². The van der Waals surface area contributed by atoms with Crippen LogP contribution in [0.15, 0.2) is 0 Å². The molecule has 0 aliphatic carbocycles. The maximum Gasteiger partial charge on any atom is 0.337 e. The summed E-state index contributed by atoms with van der Waals surface area (Å²) >= 11 is 1.16. The van der Waals surface area contributed by atoms with Crippen molar-refractivity contribution in [3.63, 3.8) is 0 Å². The van der Waals surface area contributed by atoms with Crippen molar-refractivity contribution >= 4 is 22.9 Å². The van der Waals surface area contributed by atoms with E-state index in [-0.39, 0.29) is 43.3 Å². The molecule has 5 heteroatoms. The van der Waals surface area contributed by atoms with E-state index in [0.717, 1.165) is 21.8 Å². The summed E-state index contributed by atoms with van der Waals surface area (Å²) in [6.07, 6.45) is 2.94. The predicted octanol–water partition coefficient (Wildman–Crippen LogP) is 2.65. The average Bonchev–Trinajstić information content (AvgIpc) is 2.54. The van der Waals surface area contributed by atoms with E-state index in [1.807, 2.05) is 6.92 Å². The monoisotopic (exact) mass is 313 g/mol. The second-order valence-electron chi connectivity index (χ2n) is 2.95. The fourth-order valence-corrected chi connectivity index (χ4v) is 2.17. The summed E-state index contributed by atoms with van der Waals surface area (Å²) in [7, 11) is 1.28. The van der Waals surface area contributed by atoms with Gasteiger partial charge in [0, 0.05) is 38.5 Å². The molecule has 16 heavy (non-hydrogen) atoms. The van der Waals surface area contributed by atoms with E-state index in [1.54, 1.807) is 6.92 Å². The number of thiophene rings is 1. The van der Waals surface area contributed by atoms with Crippen molar-refractivity contribution in [1.29, 1.82) is 0 Å². The Balaban J connectivity index is 0.00000225. The molecule has 85 valence electrons. The zero-order chi connectivity index (χ0) is 11.6. The van der Waals surface area contributed by atoms with E-state index in [0.29, 0.717) is 5.56 Å². The molecule has 0 spiro atoms. The molecule has 1 rings (SSSR count). The number of ether oxygens (including phenoxy) is 1. The molecule has 0 unspecified atom stereocenters. The molecule has 1 radical (unpaired) electrons. The van der Waals surface area contributed by atoms with E-state index in [2.05, 4.69) is 17.7 Å². The summed E-state index contributed by atoms with van der Waals surface area (Å²) in [4.78, 5) is 12.2. The van der Waals surface area contributed by atoms with Crippen molar-refractivity contribution in [2.45, 2.75) is 13.8 Å². The van der Waals surface area contributed by atoms with Gasteiger partial charge in [0.15, 0.2) is 0 Å². The fourth-order valence-electron chi connectivity index (χ4n) is 1.10. The van der Waals surface area contributed by atoms with Crippen LogP contribution >= 0.6 is 11.3 Å². The molecule has 1 N–H and O–H groups in total. The van der Waals surface area contributed by atoms with Crippen molar-refractivity contribution < 1.29 is 47.3 Å². The van der Waals surface area contributed by atoms with Gasteiger partial charge in [0.1, 0.15) is 0 Å². The number of carbonyl (C=O) groups is 1. The Hall–Kier alpha value is -0.316. The molecule has 0 saturated heterocycles. The molecule has 0 amide bonds. The summed E-state index contributed by atoms with van der Waals surface area (Å²) in [5.74, 6) is -0.644. The molecule has 0 aliphatic heterocycles. The van der Waals surface area contributed by atoms with Gasteiger partial charge >= 0.3 is 5.97 Å². The molecule has 0 aromatic carbocycles. The van der Waals surface area contributed by atoms with Crippen LogP contribution in [0.5, 0.6) is 5.75 Å². The zero-order valence-corrected chi connectivity index (χ0v) is 13.1. The number of hydrogen-bond acceptors (Lipinski definition) is 4. The average molecular weight is 313 g/mol. The van der Waals surface area contributed by atoms with E-state index >= 15 is 0 Å². The molecule has 0 fully saturated rings. The van der Waals surface area contributed by atoms with Crippen LogP contribution in [0.3, 0.4) is 0 Å². The topological polar surface area (TPSA) is 46.5 Å². The molecular weight excluding hydrogens is 301 g/mol. The Morgan fingerprint density at radius 1 is 1.50 bits per heavy atom. The molecule has 1 aromatic rings. The number of rotatable bonds is 2. The van der Waals surface area contributed by atoms with Gasteiger partial charge in [-0.3, -0.25) is 6.08 Å². The van der Waals surface area contributed by atoms with Crippen LogP contribution in [0.1, 0.15) is 34.0 Å². The van der Waals surface area contributed by atoms with Crippen LogP contribution in [-0.4, -0.2) is 18.2 Å². The third-order valence-electron chi connectivity index (χ3n) is 2.07. The third-order valence-corrected chi connectivity index (χ3v) is 3.39. The van der Waals surface area contributed by atoms with Gasteiger partial charge in [-0.2, -0.15) is 12.5 Å². The molecule has 1 aromatic heterocycles. The Bertz CT molecular complexity index is 421. The number of hydrogen-bond donors (Lipinski definition) is 1. The molecule has 1 heterocycles. The van der Waals surface area contributed by atoms with Gasteiger partial charge in [0.05, 0.1) is 12.0 Å². The van der Waals surface area contributed by atoms with Gasteiger partial charge in [0.2, 0.25) is 0 Å². The van der Waals surface area contributed by atoms with Gasteiger partial charge in [-0.25, -0.2) is 21.7 Å². The summed E-state index contributed by atoms with van der Waals surface area (Å²) in [6.45, 7) is 7.33. The van der Waals surface area contributed by atoms with Crippen molar-refractivity contribution in [2.24, 2.45) is 0 Å². The van der Waals surface area contributed by atoms with Crippen molar-refractivity contribution in [2.75, 3.05) is 7.11 Å². The largest absolute Gasteiger partial charge is 0.564 e. The van der Waals surface area contributed by atoms with E-state index in [9.17, 15) is 9.90 Å². The zero-order valence-electron chi connectivity index (χ0n) is 9.46. The maximum atomic E-state index is 11.3. The molecular formula is C11H12O3SY-2. The van der Waals surface area contributed by atoms with Gasteiger partial charge in [0.25, 0.3) is 0 Å². The van der Waals surface area contributed by atoms with E-state index in [1.165, 1.54) is 7.11 Å². The first-order valence-corrected chi connectivity index (χ1v) is 5.12. The van der Waals surface area contributed by atoms with Crippen LogP contribution in [0.2, 0.25) is 0 Å². The molecule has 3 nitrogen and oxygen atoms in total. The SMILES string of the molecule is [CH2-]c1c(C(C)=[C-]C)sc(C(=O)OC)c1O.[Y]. The predicted molar refractivity (Wildman–Crippen MR) is 59.8 cm³/mol. The number of allylic oxidation sites excluding steroid dienone is 2. The Kier molecular flexibility index (Phi) is 6.30. The number of carbonyl (C=O) groups excluding carboxylic acids is 1. The quantitative estimate of drug-likeness (QED) is 0.674. The van der Waals surface area contributed by atoms with Gasteiger partial charge in [-0.15, -0.1) is 11.8 Å². The van der Waals surface area contributed by atoms with E-state index < -0.39 is 5.97 Å². The first kappa shape index (κ1) is 15.7. The minimum atomic E-state index is -0.544. The second-order valence-corrected chi connectivity index (χ2v) is 3.97. The molecule has 0 saturated carbocycles. The summed E-state index contributed by atoms with van der Waals surface area (Å²) in [5, 5.41) is 9.67. The summed E-state index contributed by atoms with van der Waals surface area (Å²) in [6, 6.07) is 0. The normalized spacial score (nSPS) is 10.8. The molecule has 0 bridgehead atoms. The minimum Gasteiger partial charge on any atom is -0.564 e. The Morgan fingerprint density at radius 3 is 2.50 bits per heavy atom. The first-order chi connectivity index (χ1) is 7.02. The number of aromatic hydroxyl groups is 1. The number of esters is 1. The Morgan fingerprint density at radius 2 is 2.06 bits per heavy atom. The molecule has 0 aliphatic rings. The summed E-state index contributed by atoms with van der Waals surface area (Å²) < 4.78 is 4.55. The van der Waals surface area contributed by atoms with Crippen LogP contribution in [0.4, 0.5) is 0 Å². The van der Waals surface area contributed by atoms with Crippen molar-refractivity contribution in [3.05, 3.63) is 28.3 Å². The van der Waals surface area contributed by atoms with Crippen LogP contribution in [0.25, 0.3) is 5.57 Å². The Labute approximate surface area is 124 Å². The number of methoxy groups -OCH3 is 1. The van der Waals surface area contributed by atoms with Gasteiger partial charge < -0.3 is 9.84 Å². The van der Waals surface area contributed by atoms with Gasteiger partial charge in [-0.1, -0.05) is 6.92 Å². The standard InChI is InChI=1S/C11H12O3S.Y/c1-5-6(2)9-7(3)8(12)10(15-9)11(13)14-4;/h12H,3H2,1-2,4H3;/q-2;. The maximum absolute atomic E-state index is 11.3. The minimum absolute atomic E-state index is 0. The van der Waals surface area contributed by atoms with Crippen LogP contribution in [0, 0.1) is 13.0 Å². The van der Waals surface area contributed by atoms with Gasteiger partial charge in [-0.05, 0) is 0 Å². The first-order valence-electron chi connectivity index (χ1n) is 4.30. The molecule has 0 atom stereocenters. The summed E-state index contributed by atoms with van der Waals surface area (Å²) in [5.41, 5.74) is 1.31. The van der Waals surface area contributed by atoms with Crippen LogP contribution < -0.4 is 0 Å². The van der Waals surface area contributed by atoms with Crippen molar-refractivity contribution in [3.8, 4) is 5.75 Å². The van der Waals surface area contributed by atoms with Crippen molar-refractivity contribution in [1.82, 2.24) is 0 Å². The van der Waals surface area contributed by atoms with E-state index in [4.69, 9.17) is 0 Å². The third kappa shape index (κ3) is 2.87. The second kappa shape index (κ2) is 6.43. The smallest absolute Gasteiger partial charge is 0.337 e.